The number of anilines is 1. The first kappa shape index (κ1) is 18.5. The van der Waals surface area contributed by atoms with Crippen molar-refractivity contribution in [2.45, 2.75) is 6.42 Å². The molecule has 0 radical (unpaired) electrons. The molecule has 4 rings (SSSR count). The van der Waals surface area contributed by atoms with E-state index in [0.717, 1.165) is 12.0 Å². The highest BCUT2D eigenvalue weighted by Crippen LogP contribution is 2.30. The number of amides is 2. The van der Waals surface area contributed by atoms with Gasteiger partial charge in [0.15, 0.2) is 11.5 Å². The smallest absolute Gasteiger partial charge is 0.291 e. The number of benzene rings is 3. The first-order valence-corrected chi connectivity index (χ1v) is 9.41. The molecule has 2 amide bonds. The number of fused-ring (bicyclic) bond motifs is 1. The van der Waals surface area contributed by atoms with Crippen LogP contribution in [0.4, 0.5) is 5.69 Å². The normalized spacial score (nSPS) is 13.9. The molecular formula is C24H20N2O3. The van der Waals surface area contributed by atoms with E-state index in [1.54, 1.807) is 42.5 Å². The second kappa shape index (κ2) is 8.44. The molecule has 0 atom stereocenters. The lowest BCUT2D eigenvalue weighted by molar-refractivity contribution is -0.115. The average molecular weight is 384 g/mol. The lowest BCUT2D eigenvalue weighted by atomic mass is 10.1. The van der Waals surface area contributed by atoms with Crippen LogP contribution in [-0.4, -0.2) is 18.4 Å². The zero-order valence-corrected chi connectivity index (χ0v) is 15.7. The van der Waals surface area contributed by atoms with Crippen molar-refractivity contribution < 1.29 is 14.3 Å². The van der Waals surface area contributed by atoms with Crippen LogP contribution in [0.3, 0.4) is 0 Å². The predicted octanol–water partition coefficient (Wildman–Crippen LogP) is 4.03. The molecule has 0 saturated carbocycles. The number of hydrogen-bond acceptors (Lipinski definition) is 3. The lowest BCUT2D eigenvalue weighted by Crippen LogP contribution is -2.25. The summed E-state index contributed by atoms with van der Waals surface area (Å²) in [6.45, 7) is 0.571. The van der Waals surface area contributed by atoms with Gasteiger partial charge in [0.25, 0.3) is 11.8 Å². The number of carbonyl (C=O) groups is 2. The van der Waals surface area contributed by atoms with E-state index in [0.29, 0.717) is 23.5 Å². The molecule has 0 aromatic heterocycles. The van der Waals surface area contributed by atoms with Gasteiger partial charge in [-0.2, -0.15) is 0 Å². The molecule has 144 valence electrons. The highest BCUT2D eigenvalue weighted by atomic mass is 16.5. The topological polar surface area (TPSA) is 67.4 Å². The van der Waals surface area contributed by atoms with Crippen molar-refractivity contribution in [1.82, 2.24) is 5.32 Å². The highest BCUT2D eigenvalue weighted by molar-refractivity contribution is 6.08. The maximum Gasteiger partial charge on any atom is 0.291 e. The van der Waals surface area contributed by atoms with Gasteiger partial charge in [-0.05, 0) is 47.9 Å². The van der Waals surface area contributed by atoms with E-state index in [-0.39, 0.29) is 17.6 Å². The Bertz CT molecular complexity index is 1060. The van der Waals surface area contributed by atoms with E-state index in [1.165, 1.54) is 5.56 Å². The van der Waals surface area contributed by atoms with Gasteiger partial charge < -0.3 is 15.4 Å². The van der Waals surface area contributed by atoms with Crippen molar-refractivity contribution in [3.8, 4) is 5.75 Å². The van der Waals surface area contributed by atoms with E-state index in [4.69, 9.17) is 4.74 Å². The van der Waals surface area contributed by atoms with E-state index in [9.17, 15) is 9.59 Å². The summed E-state index contributed by atoms with van der Waals surface area (Å²) in [5, 5.41) is 5.72. The SMILES string of the molecule is O=C1Nc2ccccc2OC1=Cc1ccc(C(=O)NCCc2ccccc2)cc1. The number of para-hydroxylation sites is 2. The fourth-order valence-electron chi connectivity index (χ4n) is 3.05. The van der Waals surface area contributed by atoms with Gasteiger partial charge in [0, 0.05) is 12.1 Å². The maximum atomic E-state index is 12.3. The number of rotatable bonds is 5. The molecule has 1 heterocycles. The number of carbonyl (C=O) groups excluding carboxylic acids is 2. The number of ether oxygens (including phenoxy) is 1. The van der Waals surface area contributed by atoms with E-state index >= 15 is 0 Å². The van der Waals surface area contributed by atoms with Crippen LogP contribution in [-0.2, 0) is 11.2 Å². The average Bonchev–Trinajstić information content (AvgIpc) is 2.75. The van der Waals surface area contributed by atoms with E-state index in [2.05, 4.69) is 10.6 Å². The van der Waals surface area contributed by atoms with Crippen LogP contribution in [0, 0.1) is 0 Å². The van der Waals surface area contributed by atoms with Crippen molar-refractivity contribution in [3.63, 3.8) is 0 Å². The summed E-state index contributed by atoms with van der Waals surface area (Å²) in [5.41, 5.74) is 3.18. The first-order chi connectivity index (χ1) is 14.2. The van der Waals surface area contributed by atoms with Crippen LogP contribution in [0.1, 0.15) is 21.5 Å². The monoisotopic (exact) mass is 384 g/mol. The quantitative estimate of drug-likeness (QED) is 0.653. The van der Waals surface area contributed by atoms with Crippen LogP contribution in [0.15, 0.2) is 84.6 Å². The maximum absolute atomic E-state index is 12.3. The van der Waals surface area contributed by atoms with Crippen molar-refractivity contribution in [1.29, 1.82) is 0 Å². The van der Waals surface area contributed by atoms with Crippen LogP contribution in [0.5, 0.6) is 5.75 Å². The molecule has 0 saturated heterocycles. The van der Waals surface area contributed by atoms with Crippen molar-refractivity contribution in [2.75, 3.05) is 11.9 Å². The van der Waals surface area contributed by atoms with Crippen LogP contribution >= 0.6 is 0 Å². The molecule has 0 spiro atoms. The summed E-state index contributed by atoms with van der Waals surface area (Å²) in [6, 6.07) is 24.3. The van der Waals surface area contributed by atoms with Gasteiger partial charge in [-0.25, -0.2) is 0 Å². The Labute approximate surface area is 169 Å². The summed E-state index contributed by atoms with van der Waals surface area (Å²) < 4.78 is 5.69. The molecule has 0 fully saturated rings. The van der Waals surface area contributed by atoms with Gasteiger partial charge in [0.2, 0.25) is 0 Å². The Hall–Kier alpha value is -3.86. The van der Waals surface area contributed by atoms with Gasteiger partial charge in [0.05, 0.1) is 5.69 Å². The molecule has 3 aromatic rings. The van der Waals surface area contributed by atoms with Crippen molar-refractivity contribution in [3.05, 3.63) is 101 Å². The van der Waals surface area contributed by atoms with Crippen LogP contribution < -0.4 is 15.4 Å². The standard InChI is InChI=1S/C24H20N2O3/c27-23(25-15-14-17-6-2-1-3-7-17)19-12-10-18(11-13-19)16-22-24(28)26-20-8-4-5-9-21(20)29-22/h1-13,16H,14-15H2,(H,25,27)(H,26,28). The fraction of sp³-hybridized carbons (Fsp3) is 0.0833. The zero-order valence-electron chi connectivity index (χ0n) is 15.7. The summed E-state index contributed by atoms with van der Waals surface area (Å²) in [4.78, 5) is 24.5. The van der Waals surface area contributed by atoms with Crippen molar-refractivity contribution in [2.24, 2.45) is 0 Å². The van der Waals surface area contributed by atoms with Gasteiger partial charge >= 0.3 is 0 Å². The minimum atomic E-state index is -0.300. The lowest BCUT2D eigenvalue weighted by Gasteiger charge is -2.19. The summed E-state index contributed by atoms with van der Waals surface area (Å²) in [7, 11) is 0. The van der Waals surface area contributed by atoms with E-state index in [1.807, 2.05) is 42.5 Å². The Morgan fingerprint density at radius 2 is 1.66 bits per heavy atom. The third-order valence-electron chi connectivity index (χ3n) is 4.59. The molecular weight excluding hydrogens is 364 g/mol. The largest absolute Gasteiger partial charge is 0.449 e. The fourth-order valence-corrected chi connectivity index (χ4v) is 3.05. The molecule has 3 aromatic carbocycles. The van der Waals surface area contributed by atoms with Gasteiger partial charge in [-0.3, -0.25) is 9.59 Å². The summed E-state index contributed by atoms with van der Waals surface area (Å²) in [5.74, 6) is 0.392. The van der Waals surface area contributed by atoms with Gasteiger partial charge in [-0.1, -0.05) is 54.6 Å². The molecule has 0 bridgehead atoms. The first-order valence-electron chi connectivity index (χ1n) is 9.41. The van der Waals surface area contributed by atoms with Gasteiger partial charge in [-0.15, -0.1) is 0 Å². The summed E-state index contributed by atoms with van der Waals surface area (Å²) >= 11 is 0. The van der Waals surface area contributed by atoms with Gasteiger partial charge in [0.1, 0.15) is 0 Å². The Kier molecular flexibility index (Phi) is 5.38. The third-order valence-corrected chi connectivity index (χ3v) is 4.59. The summed E-state index contributed by atoms with van der Waals surface area (Å²) in [6.07, 6.45) is 2.44. The molecule has 29 heavy (non-hydrogen) atoms. The molecule has 2 N–H and O–H groups in total. The Morgan fingerprint density at radius 1 is 0.931 bits per heavy atom. The second-order valence-electron chi connectivity index (χ2n) is 6.67. The Morgan fingerprint density at radius 3 is 2.45 bits per heavy atom. The molecule has 5 nitrogen and oxygen atoms in total. The predicted molar refractivity (Wildman–Crippen MR) is 113 cm³/mol. The Balaban J connectivity index is 1.38. The van der Waals surface area contributed by atoms with Crippen LogP contribution in [0.2, 0.25) is 0 Å². The molecule has 1 aliphatic heterocycles. The van der Waals surface area contributed by atoms with E-state index < -0.39 is 0 Å². The number of nitrogens with one attached hydrogen (secondary N) is 2. The van der Waals surface area contributed by atoms with Crippen LogP contribution in [0.25, 0.3) is 6.08 Å². The van der Waals surface area contributed by atoms with Crippen molar-refractivity contribution >= 4 is 23.6 Å². The zero-order chi connectivity index (χ0) is 20.1. The number of hydrogen-bond donors (Lipinski definition) is 2. The minimum absolute atomic E-state index is 0.124. The molecule has 5 heteroatoms. The third kappa shape index (κ3) is 4.52. The molecule has 1 aliphatic rings. The minimum Gasteiger partial charge on any atom is -0.449 e. The highest BCUT2D eigenvalue weighted by Gasteiger charge is 2.21. The molecule has 0 aliphatic carbocycles. The second-order valence-corrected chi connectivity index (χ2v) is 6.67. The molecule has 0 unspecified atom stereocenters.